The molecule has 0 aromatic carbocycles. The van der Waals surface area contributed by atoms with E-state index in [1.807, 2.05) is 13.0 Å². The molecule has 1 aliphatic rings. The molecule has 1 unspecified atom stereocenters. The van der Waals surface area contributed by atoms with Crippen molar-refractivity contribution in [2.45, 2.75) is 13.0 Å². The minimum Gasteiger partial charge on any atom is -0.369 e. The molecule has 0 spiro atoms. The van der Waals surface area contributed by atoms with E-state index < -0.39 is 0 Å². The number of hydrogen-bond donors (Lipinski definition) is 0. The van der Waals surface area contributed by atoms with Gasteiger partial charge in [-0.1, -0.05) is 12.2 Å². The summed E-state index contributed by atoms with van der Waals surface area (Å²) in [5.74, 6) is 0. The zero-order chi connectivity index (χ0) is 4.41. The third-order valence-electron chi connectivity index (χ3n) is 0.766. The molecule has 1 aliphatic heterocycles. The van der Waals surface area contributed by atoms with Crippen LogP contribution in [0.15, 0.2) is 12.2 Å². The molecule has 1 nitrogen and oxygen atoms in total. The SMILES string of the molecule is C/C=C\C1CO1. The lowest BCUT2D eigenvalue weighted by Gasteiger charge is -1.66. The van der Waals surface area contributed by atoms with E-state index in [9.17, 15) is 0 Å². The Hall–Kier alpha value is -0.300. The monoisotopic (exact) mass is 84.1 g/mol. The molecule has 0 N–H and O–H groups in total. The van der Waals surface area contributed by atoms with Gasteiger partial charge in [0.05, 0.1) is 12.7 Å². The average molecular weight is 84.1 g/mol. The van der Waals surface area contributed by atoms with Gasteiger partial charge in [0.2, 0.25) is 0 Å². The molecule has 1 atom stereocenters. The molecule has 1 heteroatoms. The van der Waals surface area contributed by atoms with Crippen molar-refractivity contribution in [2.75, 3.05) is 6.61 Å². The van der Waals surface area contributed by atoms with E-state index in [1.54, 1.807) is 0 Å². The lowest BCUT2D eigenvalue weighted by Crippen LogP contribution is -1.68. The maximum absolute atomic E-state index is 4.86. The Labute approximate surface area is 37.6 Å². The topological polar surface area (TPSA) is 12.5 Å². The summed E-state index contributed by atoms with van der Waals surface area (Å²) in [5.41, 5.74) is 0. The highest BCUT2D eigenvalue weighted by molar-refractivity contribution is 4.93. The van der Waals surface area contributed by atoms with E-state index in [-0.39, 0.29) is 0 Å². The second-order valence-electron chi connectivity index (χ2n) is 1.40. The van der Waals surface area contributed by atoms with Crippen molar-refractivity contribution in [3.63, 3.8) is 0 Å². The third-order valence-corrected chi connectivity index (χ3v) is 0.766. The van der Waals surface area contributed by atoms with Crippen LogP contribution >= 0.6 is 0 Å². The summed E-state index contributed by atoms with van der Waals surface area (Å²) in [4.78, 5) is 0. The Kier molecular flexibility index (Phi) is 0.926. The van der Waals surface area contributed by atoms with Crippen LogP contribution in [0, 0.1) is 0 Å². The Morgan fingerprint density at radius 3 is 2.67 bits per heavy atom. The number of hydrogen-bond acceptors (Lipinski definition) is 1. The van der Waals surface area contributed by atoms with E-state index in [1.165, 1.54) is 0 Å². The summed E-state index contributed by atoms with van der Waals surface area (Å²) in [6.07, 6.45) is 4.53. The van der Waals surface area contributed by atoms with Crippen molar-refractivity contribution in [2.24, 2.45) is 0 Å². The van der Waals surface area contributed by atoms with Gasteiger partial charge in [0.15, 0.2) is 0 Å². The molecule has 1 rings (SSSR count). The number of rotatable bonds is 1. The predicted octanol–water partition coefficient (Wildman–Crippen LogP) is 0.961. The van der Waals surface area contributed by atoms with Gasteiger partial charge in [-0.3, -0.25) is 0 Å². The van der Waals surface area contributed by atoms with Crippen LogP contribution in [0.3, 0.4) is 0 Å². The highest BCUT2D eigenvalue weighted by Crippen LogP contribution is 2.08. The molecule has 0 aliphatic carbocycles. The maximum Gasteiger partial charge on any atom is 0.0990 e. The first-order valence-corrected chi connectivity index (χ1v) is 2.18. The molecule has 1 saturated heterocycles. The smallest absolute Gasteiger partial charge is 0.0990 e. The van der Waals surface area contributed by atoms with Gasteiger partial charge in [-0.05, 0) is 6.92 Å². The molecule has 34 valence electrons. The lowest BCUT2D eigenvalue weighted by molar-refractivity contribution is 0.440. The molecule has 6 heavy (non-hydrogen) atoms. The fourth-order valence-corrected chi connectivity index (χ4v) is 0.381. The van der Waals surface area contributed by atoms with Crippen molar-refractivity contribution in [3.8, 4) is 0 Å². The van der Waals surface area contributed by atoms with Gasteiger partial charge in [-0.2, -0.15) is 0 Å². The van der Waals surface area contributed by atoms with Crippen molar-refractivity contribution >= 4 is 0 Å². The summed E-state index contributed by atoms with van der Waals surface area (Å²) < 4.78 is 4.86. The van der Waals surface area contributed by atoms with Crippen molar-refractivity contribution in [1.82, 2.24) is 0 Å². The van der Waals surface area contributed by atoms with Crippen LogP contribution in [0.2, 0.25) is 0 Å². The predicted molar refractivity (Wildman–Crippen MR) is 24.6 cm³/mol. The van der Waals surface area contributed by atoms with Gasteiger partial charge < -0.3 is 4.74 Å². The van der Waals surface area contributed by atoms with Gasteiger partial charge in [0.1, 0.15) is 0 Å². The highest BCUT2D eigenvalue weighted by atomic mass is 16.6. The highest BCUT2D eigenvalue weighted by Gasteiger charge is 2.16. The molecule has 0 bridgehead atoms. The van der Waals surface area contributed by atoms with Crippen LogP contribution < -0.4 is 0 Å². The van der Waals surface area contributed by atoms with E-state index in [4.69, 9.17) is 4.74 Å². The van der Waals surface area contributed by atoms with Crippen LogP contribution in [-0.4, -0.2) is 12.7 Å². The van der Waals surface area contributed by atoms with Crippen LogP contribution in [0.5, 0.6) is 0 Å². The zero-order valence-electron chi connectivity index (χ0n) is 3.85. The summed E-state index contributed by atoms with van der Waals surface area (Å²) in [7, 11) is 0. The summed E-state index contributed by atoms with van der Waals surface area (Å²) in [5, 5.41) is 0. The summed E-state index contributed by atoms with van der Waals surface area (Å²) in [6.45, 7) is 2.94. The Morgan fingerprint density at radius 1 is 1.83 bits per heavy atom. The zero-order valence-corrected chi connectivity index (χ0v) is 3.85. The number of ether oxygens (including phenoxy) is 1. The quantitative estimate of drug-likeness (QED) is 0.340. The fraction of sp³-hybridized carbons (Fsp3) is 0.600. The Morgan fingerprint density at radius 2 is 2.50 bits per heavy atom. The van der Waals surface area contributed by atoms with E-state index in [0.29, 0.717) is 6.10 Å². The van der Waals surface area contributed by atoms with E-state index >= 15 is 0 Å². The maximum atomic E-state index is 4.86. The van der Waals surface area contributed by atoms with Gasteiger partial charge in [0.25, 0.3) is 0 Å². The molecule has 0 amide bonds. The molecule has 1 heterocycles. The first kappa shape index (κ1) is 3.88. The first-order valence-electron chi connectivity index (χ1n) is 2.18. The fourth-order valence-electron chi connectivity index (χ4n) is 0.381. The second kappa shape index (κ2) is 1.43. The van der Waals surface area contributed by atoms with Gasteiger partial charge >= 0.3 is 0 Å². The van der Waals surface area contributed by atoms with E-state index in [2.05, 4.69) is 6.08 Å². The van der Waals surface area contributed by atoms with Crippen molar-refractivity contribution < 1.29 is 4.74 Å². The van der Waals surface area contributed by atoms with Gasteiger partial charge in [-0.25, -0.2) is 0 Å². The van der Waals surface area contributed by atoms with E-state index in [0.717, 1.165) is 6.61 Å². The molecule has 0 radical (unpaired) electrons. The molecular weight excluding hydrogens is 76.1 g/mol. The largest absolute Gasteiger partial charge is 0.369 e. The van der Waals surface area contributed by atoms with Crippen LogP contribution in [0.4, 0.5) is 0 Å². The molecule has 1 fully saturated rings. The number of epoxide rings is 1. The normalized spacial score (nSPS) is 31.8. The number of allylic oxidation sites excluding steroid dienone is 1. The van der Waals surface area contributed by atoms with Crippen molar-refractivity contribution in [1.29, 1.82) is 0 Å². The molecular formula is C5H8O. The molecule has 0 aromatic heterocycles. The Balaban J connectivity index is 2.15. The first-order chi connectivity index (χ1) is 2.93. The Bertz CT molecular complexity index is 62.3. The van der Waals surface area contributed by atoms with Crippen LogP contribution in [0.25, 0.3) is 0 Å². The summed E-state index contributed by atoms with van der Waals surface area (Å²) in [6, 6.07) is 0. The second-order valence-corrected chi connectivity index (χ2v) is 1.40. The minimum atomic E-state index is 0.468. The van der Waals surface area contributed by atoms with Gasteiger partial charge in [0, 0.05) is 0 Å². The van der Waals surface area contributed by atoms with Crippen LogP contribution in [0.1, 0.15) is 6.92 Å². The lowest BCUT2D eigenvalue weighted by atomic mass is 10.4. The molecule has 0 aromatic rings. The average Bonchev–Trinajstić information content (AvgIpc) is 2.21. The third kappa shape index (κ3) is 0.830. The summed E-state index contributed by atoms with van der Waals surface area (Å²) >= 11 is 0. The molecule has 0 saturated carbocycles. The van der Waals surface area contributed by atoms with Gasteiger partial charge in [-0.15, -0.1) is 0 Å². The standard InChI is InChI=1S/C5H8O/c1-2-3-5-4-6-5/h2-3,5H,4H2,1H3/b3-2-. The van der Waals surface area contributed by atoms with Crippen molar-refractivity contribution in [3.05, 3.63) is 12.2 Å². The minimum absolute atomic E-state index is 0.468. The van der Waals surface area contributed by atoms with Crippen LogP contribution in [-0.2, 0) is 4.74 Å².